The van der Waals surface area contributed by atoms with E-state index in [0.717, 1.165) is 41.5 Å². The molecular formula is C39H51N5O8S. The van der Waals surface area contributed by atoms with E-state index in [9.17, 15) is 27.6 Å². The molecule has 13 nitrogen and oxygen atoms in total. The van der Waals surface area contributed by atoms with E-state index in [1.165, 1.54) is 5.39 Å². The van der Waals surface area contributed by atoms with E-state index in [-0.39, 0.29) is 31.3 Å². The number of hydrogen-bond donors (Lipinski definition) is 3. The Bertz CT molecular complexity index is 1940. The number of nitrogens with zero attached hydrogens (tertiary/aromatic N) is 2. The summed E-state index contributed by atoms with van der Waals surface area (Å²) in [4.78, 5) is 59.8. The number of ether oxygens (including phenoxy) is 2. The van der Waals surface area contributed by atoms with Crippen LogP contribution in [0.15, 0.2) is 42.5 Å². The molecule has 5 atom stereocenters. The molecule has 2 saturated carbocycles. The minimum Gasteiger partial charge on any atom is -0.497 e. The van der Waals surface area contributed by atoms with Crippen LogP contribution in [0.25, 0.3) is 10.8 Å². The van der Waals surface area contributed by atoms with Crippen molar-refractivity contribution < 1.29 is 37.1 Å². The lowest BCUT2D eigenvalue weighted by Crippen LogP contribution is -2.58. The van der Waals surface area contributed by atoms with Crippen LogP contribution in [0.3, 0.4) is 0 Å². The Hall–Kier alpha value is -4.17. The number of nitrogens with one attached hydrogen (secondary N) is 3. The van der Waals surface area contributed by atoms with Crippen LogP contribution >= 0.6 is 0 Å². The number of benzene rings is 2. The summed E-state index contributed by atoms with van der Waals surface area (Å²) < 4.78 is 39.1. The summed E-state index contributed by atoms with van der Waals surface area (Å²) in [5.41, 5.74) is -0.00572. The smallest absolute Gasteiger partial charge is 0.408 e. The molecular weight excluding hydrogens is 699 g/mol. The maximum atomic E-state index is 14.6. The maximum Gasteiger partial charge on any atom is 0.408 e. The highest BCUT2D eigenvalue weighted by Gasteiger charge is 2.62. The topological polar surface area (TPSA) is 163 Å². The van der Waals surface area contributed by atoms with Gasteiger partial charge in [0.2, 0.25) is 21.8 Å². The van der Waals surface area contributed by atoms with Crippen LogP contribution < -0.4 is 20.1 Å². The molecule has 3 N–H and O–H groups in total. The lowest BCUT2D eigenvalue weighted by molar-refractivity contribution is -0.141. The lowest BCUT2D eigenvalue weighted by atomic mass is 9.93. The Kier molecular flexibility index (Phi) is 9.98. The number of sulfonamides is 1. The van der Waals surface area contributed by atoms with Crippen molar-refractivity contribution in [3.8, 4) is 5.75 Å². The number of alkyl carbamates (subject to hydrolysis) is 1. The molecule has 4 unspecified atom stereocenters. The highest BCUT2D eigenvalue weighted by atomic mass is 32.2. The van der Waals surface area contributed by atoms with Gasteiger partial charge in [0.15, 0.2) is 0 Å². The van der Waals surface area contributed by atoms with Gasteiger partial charge < -0.3 is 25.0 Å². The van der Waals surface area contributed by atoms with E-state index in [1.807, 2.05) is 30.4 Å². The summed E-state index contributed by atoms with van der Waals surface area (Å²) in [6.07, 6.45) is 8.05. The normalized spacial score (nSPS) is 28.8. The monoisotopic (exact) mass is 749 g/mol. The van der Waals surface area contributed by atoms with Crippen LogP contribution in [0.2, 0.25) is 0 Å². The molecule has 286 valence electrons. The van der Waals surface area contributed by atoms with E-state index in [0.29, 0.717) is 38.8 Å². The zero-order valence-corrected chi connectivity index (χ0v) is 31.8. The largest absolute Gasteiger partial charge is 0.497 e. The van der Waals surface area contributed by atoms with E-state index in [4.69, 9.17) is 9.47 Å². The second-order valence-corrected chi connectivity index (χ2v) is 18.3. The average molecular weight is 750 g/mol. The molecule has 2 aromatic rings. The first-order valence-electron chi connectivity index (χ1n) is 18.8. The Morgan fingerprint density at radius 2 is 1.79 bits per heavy atom. The first-order valence-corrected chi connectivity index (χ1v) is 20.4. The van der Waals surface area contributed by atoms with Gasteiger partial charge in [0, 0.05) is 31.6 Å². The minimum atomic E-state index is -3.86. The first kappa shape index (κ1) is 37.2. The van der Waals surface area contributed by atoms with Crippen molar-refractivity contribution in [2.45, 2.75) is 126 Å². The minimum absolute atomic E-state index is 0.220. The summed E-state index contributed by atoms with van der Waals surface area (Å²) in [5.74, 6) is -1.31. The second-order valence-electron chi connectivity index (χ2n) is 16.3. The number of hydrogen-bond acceptors (Lipinski definition) is 9. The Morgan fingerprint density at radius 3 is 2.53 bits per heavy atom. The highest BCUT2D eigenvalue weighted by molar-refractivity contribution is 7.91. The summed E-state index contributed by atoms with van der Waals surface area (Å²) in [7, 11) is -2.22. The van der Waals surface area contributed by atoms with Crippen LogP contribution in [0.4, 0.5) is 4.79 Å². The Labute approximate surface area is 311 Å². The quantitative estimate of drug-likeness (QED) is 0.370. The van der Waals surface area contributed by atoms with Crippen molar-refractivity contribution in [3.63, 3.8) is 0 Å². The molecule has 3 aliphatic heterocycles. The molecule has 3 heterocycles. The maximum absolute atomic E-state index is 14.6. The summed E-state index contributed by atoms with van der Waals surface area (Å²) in [6, 6.07) is 8.08. The molecule has 7 rings (SSSR count). The fourth-order valence-corrected chi connectivity index (χ4v) is 9.55. The van der Waals surface area contributed by atoms with Crippen molar-refractivity contribution >= 4 is 44.6 Å². The van der Waals surface area contributed by atoms with Gasteiger partial charge in [-0.3, -0.25) is 24.0 Å². The number of carbonyl (C=O) groups excluding carboxylic acids is 4. The van der Waals surface area contributed by atoms with Crippen LogP contribution in [0.1, 0.15) is 89.7 Å². The van der Waals surface area contributed by atoms with Gasteiger partial charge in [0.25, 0.3) is 5.91 Å². The van der Waals surface area contributed by atoms with Crippen LogP contribution in [-0.2, 0) is 42.2 Å². The Morgan fingerprint density at radius 1 is 1.02 bits per heavy atom. The van der Waals surface area contributed by atoms with Crippen molar-refractivity contribution in [1.29, 1.82) is 0 Å². The standard InChI is InChI=1S/C39H51N5O8S/c1-38(2,3)52-37(48)40-31-14-9-7-5-6-8-13-27-20-39(27,36(47)42-53(49,50)30-15-16-30)41-34(45)32-19-28(23-44(32)35(31)46)43-21-25-12-10-11-24-17-29(51-4)18-26(22-43)33(24)25/h8,10-13,17-18,27-28,30-32H,5-7,9,14-16,19-23H2,1-4H3,(H,40,48)(H,41,45)(H,42,47)/b13-8+/t27?,28-,31?,32?,39?/m1/s1. The number of carbonyl (C=O) groups is 4. The van der Waals surface area contributed by atoms with E-state index >= 15 is 0 Å². The molecule has 3 fully saturated rings. The predicted octanol–water partition coefficient (Wildman–Crippen LogP) is 4.03. The summed E-state index contributed by atoms with van der Waals surface area (Å²) in [5, 5.41) is 7.42. The molecule has 53 heavy (non-hydrogen) atoms. The molecule has 14 heteroatoms. The number of allylic oxidation sites excluding steroid dienone is 1. The molecule has 0 radical (unpaired) electrons. The summed E-state index contributed by atoms with van der Waals surface area (Å²) in [6.45, 7) is 6.66. The first-order chi connectivity index (χ1) is 25.2. The van der Waals surface area contributed by atoms with E-state index in [2.05, 4.69) is 32.4 Å². The SMILES string of the molecule is COc1cc2c3c(cccc3c1)CN([C@@H]1CC3C(=O)NC4(C(=O)NS(=O)(=O)C5CC5)CC4/C=C/CCCCCC(NC(=O)OC(C)(C)C)C(=O)N3C1)C2. The fraction of sp³-hybridized carbons (Fsp3) is 0.590. The van der Waals surface area contributed by atoms with Gasteiger partial charge in [0.05, 0.1) is 12.4 Å². The molecule has 0 bridgehead atoms. The Balaban J connectivity index is 1.20. The van der Waals surface area contributed by atoms with E-state index < -0.39 is 62.3 Å². The van der Waals surface area contributed by atoms with Gasteiger partial charge in [-0.1, -0.05) is 43.2 Å². The molecule has 5 aliphatic rings. The van der Waals surface area contributed by atoms with Gasteiger partial charge >= 0.3 is 6.09 Å². The molecule has 0 aromatic heterocycles. The van der Waals surface area contributed by atoms with Crippen LogP contribution in [-0.4, -0.2) is 90.2 Å². The zero-order valence-electron chi connectivity index (χ0n) is 31.0. The van der Waals surface area contributed by atoms with Crippen LogP contribution in [0, 0.1) is 5.92 Å². The molecule has 1 saturated heterocycles. The average Bonchev–Trinajstić information content (AvgIpc) is 4.02. The molecule has 2 aliphatic carbocycles. The third-order valence-corrected chi connectivity index (χ3v) is 13.0. The molecule has 0 spiro atoms. The molecule has 4 amide bonds. The van der Waals surface area contributed by atoms with Gasteiger partial charge in [0.1, 0.15) is 29.0 Å². The van der Waals surface area contributed by atoms with Gasteiger partial charge in [-0.25, -0.2) is 13.2 Å². The number of methoxy groups -OCH3 is 1. The number of rotatable bonds is 6. The van der Waals surface area contributed by atoms with Gasteiger partial charge in [-0.05, 0) is 99.7 Å². The highest BCUT2D eigenvalue weighted by Crippen LogP contribution is 2.46. The van der Waals surface area contributed by atoms with Crippen molar-refractivity contribution in [2.24, 2.45) is 5.92 Å². The predicted molar refractivity (Wildman–Crippen MR) is 198 cm³/mol. The van der Waals surface area contributed by atoms with Crippen molar-refractivity contribution in [3.05, 3.63) is 53.6 Å². The zero-order chi connectivity index (χ0) is 37.7. The fourth-order valence-electron chi connectivity index (χ4n) is 8.19. The van der Waals surface area contributed by atoms with Crippen molar-refractivity contribution in [1.82, 2.24) is 25.2 Å². The second kappa shape index (κ2) is 14.2. The molecule has 2 aromatic carbocycles. The van der Waals surface area contributed by atoms with E-state index in [1.54, 1.807) is 32.8 Å². The number of fused-ring (bicyclic) bond motifs is 2. The third-order valence-electron chi connectivity index (χ3n) is 11.2. The van der Waals surface area contributed by atoms with Crippen LogP contribution in [0.5, 0.6) is 5.75 Å². The van der Waals surface area contributed by atoms with Gasteiger partial charge in [-0.15, -0.1) is 0 Å². The summed E-state index contributed by atoms with van der Waals surface area (Å²) >= 11 is 0. The number of amides is 4. The van der Waals surface area contributed by atoms with Gasteiger partial charge in [-0.2, -0.15) is 0 Å². The van der Waals surface area contributed by atoms with Crippen molar-refractivity contribution in [2.75, 3.05) is 13.7 Å². The lowest BCUT2D eigenvalue weighted by Gasteiger charge is -2.34. The third kappa shape index (κ3) is 7.89.